The molecule has 2 heterocycles. The van der Waals surface area contributed by atoms with Gasteiger partial charge in [0, 0.05) is 30.8 Å². The van der Waals surface area contributed by atoms with Crippen molar-refractivity contribution >= 4 is 0 Å². The first-order valence-electron chi connectivity index (χ1n) is 8.18. The molecule has 1 saturated heterocycles. The summed E-state index contributed by atoms with van der Waals surface area (Å²) >= 11 is 0. The molecule has 22 heavy (non-hydrogen) atoms. The molecular weight excluding hydrogens is 285 g/mol. The van der Waals surface area contributed by atoms with Gasteiger partial charge >= 0.3 is 0 Å². The lowest BCUT2D eigenvalue weighted by atomic mass is 10.0. The lowest BCUT2D eigenvalue weighted by molar-refractivity contribution is 0.0178. The van der Waals surface area contributed by atoms with Crippen LogP contribution < -0.4 is 10.1 Å². The maximum atomic E-state index is 13.3. The summed E-state index contributed by atoms with van der Waals surface area (Å²) in [7, 11) is 0. The lowest BCUT2D eigenvalue weighted by Crippen LogP contribution is -2.26. The monoisotopic (exact) mass is 309 g/mol. The molecule has 4 nitrogen and oxygen atoms in total. The van der Waals surface area contributed by atoms with Gasteiger partial charge in [0.2, 0.25) is 0 Å². The van der Waals surface area contributed by atoms with Gasteiger partial charge in [-0.05, 0) is 31.7 Å². The molecule has 1 aromatic rings. The van der Waals surface area contributed by atoms with Crippen molar-refractivity contribution in [3.63, 3.8) is 0 Å². The van der Waals surface area contributed by atoms with Crippen molar-refractivity contribution in [1.29, 1.82) is 0 Å². The van der Waals surface area contributed by atoms with Gasteiger partial charge in [0.05, 0.1) is 25.9 Å². The Bertz CT molecular complexity index is 477. The van der Waals surface area contributed by atoms with Crippen LogP contribution in [0.15, 0.2) is 18.2 Å². The predicted octanol–water partition coefficient (Wildman–Crippen LogP) is 2.82. The van der Waals surface area contributed by atoms with E-state index in [2.05, 4.69) is 5.32 Å². The van der Waals surface area contributed by atoms with E-state index in [0.717, 1.165) is 44.4 Å². The van der Waals surface area contributed by atoms with Gasteiger partial charge in [-0.3, -0.25) is 0 Å². The van der Waals surface area contributed by atoms with Crippen molar-refractivity contribution in [2.75, 3.05) is 33.0 Å². The Balaban J connectivity index is 1.45. The van der Waals surface area contributed by atoms with E-state index in [-0.39, 0.29) is 18.0 Å². The summed E-state index contributed by atoms with van der Waals surface area (Å²) in [6.07, 6.45) is 4.47. The third kappa shape index (κ3) is 4.18. The molecule has 1 fully saturated rings. The summed E-state index contributed by atoms with van der Waals surface area (Å²) in [5, 5.41) is 3.49. The fourth-order valence-electron chi connectivity index (χ4n) is 3.05. The number of hydrogen-bond donors (Lipinski definition) is 1. The molecule has 122 valence electrons. The number of fused-ring (bicyclic) bond motifs is 1. The predicted molar refractivity (Wildman–Crippen MR) is 81.7 cm³/mol. The summed E-state index contributed by atoms with van der Waals surface area (Å²) in [4.78, 5) is 0. The SMILES string of the molecule is Fc1ccc2c(c1)OCCC[C@H]2NCCOC[C@@H]1CCCO1. The Hall–Kier alpha value is -1.17. The number of hydrogen-bond acceptors (Lipinski definition) is 4. The second-order valence-electron chi connectivity index (χ2n) is 5.89. The summed E-state index contributed by atoms with van der Waals surface area (Å²) in [5.74, 6) is 0.412. The van der Waals surface area contributed by atoms with Crippen molar-refractivity contribution in [3.05, 3.63) is 29.6 Å². The second-order valence-corrected chi connectivity index (χ2v) is 5.89. The number of nitrogens with one attached hydrogen (secondary N) is 1. The molecule has 0 saturated carbocycles. The van der Waals surface area contributed by atoms with E-state index in [4.69, 9.17) is 14.2 Å². The topological polar surface area (TPSA) is 39.7 Å². The molecule has 0 aromatic heterocycles. The number of ether oxygens (including phenoxy) is 3. The third-order valence-electron chi connectivity index (χ3n) is 4.21. The highest BCUT2D eigenvalue weighted by molar-refractivity contribution is 5.37. The zero-order chi connectivity index (χ0) is 15.2. The van der Waals surface area contributed by atoms with Crippen molar-refractivity contribution in [1.82, 2.24) is 5.32 Å². The van der Waals surface area contributed by atoms with Gasteiger partial charge in [-0.2, -0.15) is 0 Å². The van der Waals surface area contributed by atoms with Crippen LogP contribution in [0.1, 0.15) is 37.3 Å². The van der Waals surface area contributed by atoms with Crippen LogP contribution in [-0.4, -0.2) is 39.1 Å². The van der Waals surface area contributed by atoms with Gasteiger partial charge in [-0.1, -0.05) is 6.07 Å². The first-order chi connectivity index (χ1) is 10.8. The molecule has 0 aliphatic carbocycles. The Morgan fingerprint density at radius 2 is 2.14 bits per heavy atom. The van der Waals surface area contributed by atoms with Gasteiger partial charge in [0.25, 0.3) is 0 Å². The molecule has 3 rings (SSSR count). The minimum Gasteiger partial charge on any atom is -0.493 e. The Labute approximate surface area is 130 Å². The molecule has 2 aliphatic rings. The summed E-state index contributed by atoms with van der Waals surface area (Å²) in [6, 6.07) is 4.99. The first-order valence-corrected chi connectivity index (χ1v) is 8.18. The number of halogens is 1. The van der Waals surface area contributed by atoms with Crippen molar-refractivity contribution in [3.8, 4) is 5.75 Å². The van der Waals surface area contributed by atoms with Crippen LogP contribution in [0.5, 0.6) is 5.75 Å². The standard InChI is InChI=1S/C17H24FNO3/c18-13-5-6-15-16(4-2-9-22-17(15)11-13)19-7-10-20-12-14-3-1-8-21-14/h5-6,11,14,16,19H,1-4,7-10,12H2/t14-,16+/m0/s1. The largest absolute Gasteiger partial charge is 0.493 e. The first kappa shape index (κ1) is 15.7. The van der Waals surface area contributed by atoms with Crippen molar-refractivity contribution in [2.24, 2.45) is 0 Å². The highest BCUT2D eigenvalue weighted by Crippen LogP contribution is 2.31. The molecule has 0 radical (unpaired) electrons. The van der Waals surface area contributed by atoms with Gasteiger partial charge in [-0.25, -0.2) is 4.39 Å². The molecule has 0 unspecified atom stereocenters. The van der Waals surface area contributed by atoms with E-state index in [1.165, 1.54) is 12.1 Å². The summed E-state index contributed by atoms with van der Waals surface area (Å²) < 4.78 is 30.1. The van der Waals surface area contributed by atoms with Gasteiger partial charge in [-0.15, -0.1) is 0 Å². The quantitative estimate of drug-likeness (QED) is 0.820. The van der Waals surface area contributed by atoms with E-state index in [0.29, 0.717) is 25.6 Å². The molecule has 0 amide bonds. The third-order valence-corrected chi connectivity index (χ3v) is 4.21. The maximum Gasteiger partial charge on any atom is 0.126 e. The zero-order valence-corrected chi connectivity index (χ0v) is 12.9. The van der Waals surface area contributed by atoms with Crippen LogP contribution in [0, 0.1) is 5.82 Å². The van der Waals surface area contributed by atoms with Gasteiger partial charge in [0.1, 0.15) is 11.6 Å². The number of rotatable bonds is 6. The van der Waals surface area contributed by atoms with Crippen LogP contribution >= 0.6 is 0 Å². The highest BCUT2D eigenvalue weighted by Gasteiger charge is 2.20. The molecule has 1 N–H and O–H groups in total. The second kappa shape index (κ2) is 7.90. The fraction of sp³-hybridized carbons (Fsp3) is 0.647. The van der Waals surface area contributed by atoms with Crippen LogP contribution in [0.4, 0.5) is 4.39 Å². The zero-order valence-electron chi connectivity index (χ0n) is 12.9. The van der Waals surface area contributed by atoms with Crippen LogP contribution in [0.3, 0.4) is 0 Å². The van der Waals surface area contributed by atoms with Gasteiger partial charge in [0.15, 0.2) is 0 Å². The molecule has 0 spiro atoms. The average Bonchev–Trinajstić information content (AvgIpc) is 2.95. The molecule has 1 aromatic carbocycles. The summed E-state index contributed by atoms with van der Waals surface area (Å²) in [5.41, 5.74) is 1.04. The Morgan fingerprint density at radius 1 is 1.23 bits per heavy atom. The van der Waals surface area contributed by atoms with Crippen LogP contribution in [0.2, 0.25) is 0 Å². The molecule has 0 bridgehead atoms. The minimum atomic E-state index is -0.251. The molecule has 2 aliphatic heterocycles. The maximum absolute atomic E-state index is 13.3. The fourth-order valence-corrected chi connectivity index (χ4v) is 3.05. The van der Waals surface area contributed by atoms with E-state index < -0.39 is 0 Å². The molecule has 2 atom stereocenters. The van der Waals surface area contributed by atoms with Crippen molar-refractivity contribution < 1.29 is 18.6 Å². The molecule has 5 heteroatoms. The van der Waals surface area contributed by atoms with Crippen molar-refractivity contribution in [2.45, 2.75) is 37.8 Å². The highest BCUT2D eigenvalue weighted by atomic mass is 19.1. The Morgan fingerprint density at radius 3 is 3.00 bits per heavy atom. The normalized spacial score (nSPS) is 24.6. The molecular formula is C17H24FNO3. The van der Waals surface area contributed by atoms with E-state index in [9.17, 15) is 4.39 Å². The van der Waals surface area contributed by atoms with E-state index in [1.807, 2.05) is 6.07 Å². The smallest absolute Gasteiger partial charge is 0.126 e. The van der Waals surface area contributed by atoms with Crippen LogP contribution in [0.25, 0.3) is 0 Å². The van der Waals surface area contributed by atoms with E-state index >= 15 is 0 Å². The average molecular weight is 309 g/mol. The number of benzene rings is 1. The summed E-state index contributed by atoms with van der Waals surface area (Å²) in [6.45, 7) is 3.62. The Kier molecular flexibility index (Phi) is 5.64. The van der Waals surface area contributed by atoms with Crippen LogP contribution in [-0.2, 0) is 9.47 Å². The van der Waals surface area contributed by atoms with Gasteiger partial charge < -0.3 is 19.5 Å². The minimum absolute atomic E-state index is 0.199. The lowest BCUT2D eigenvalue weighted by Gasteiger charge is -2.19. The van der Waals surface area contributed by atoms with E-state index in [1.54, 1.807) is 0 Å².